The molecule has 0 saturated heterocycles. The number of pyridine rings is 1. The van der Waals surface area contributed by atoms with Gasteiger partial charge < -0.3 is 5.41 Å². The minimum absolute atomic E-state index is 0.502. The van der Waals surface area contributed by atoms with Crippen LogP contribution >= 0.6 is 0 Å². The molecule has 2 aromatic rings. The SMILES string of the molecule is C=C(/C=C\C(C)=N)c1ccc(-c2ccc(C)cc2)cn1. The number of hydrogen-bond donors (Lipinski definition) is 1. The summed E-state index contributed by atoms with van der Waals surface area (Å²) in [5, 5.41) is 7.37. The molecule has 100 valence electrons. The monoisotopic (exact) mass is 262 g/mol. The predicted molar refractivity (Wildman–Crippen MR) is 86.0 cm³/mol. The van der Waals surface area contributed by atoms with Crippen LogP contribution in [0.2, 0.25) is 0 Å². The van der Waals surface area contributed by atoms with E-state index >= 15 is 0 Å². The Bertz CT molecular complexity index is 647. The van der Waals surface area contributed by atoms with Crippen LogP contribution in [0.15, 0.2) is 61.3 Å². The van der Waals surface area contributed by atoms with Crippen LogP contribution in [0.1, 0.15) is 18.2 Å². The molecule has 2 rings (SSSR count). The van der Waals surface area contributed by atoms with Gasteiger partial charge in [0.25, 0.3) is 0 Å². The lowest BCUT2D eigenvalue weighted by Crippen LogP contribution is -1.88. The summed E-state index contributed by atoms with van der Waals surface area (Å²) in [6, 6.07) is 12.4. The first-order valence-corrected chi connectivity index (χ1v) is 6.52. The quantitative estimate of drug-likeness (QED) is 0.631. The Hall–Kier alpha value is -2.48. The Kier molecular flexibility index (Phi) is 4.26. The van der Waals surface area contributed by atoms with Gasteiger partial charge in [-0.25, -0.2) is 0 Å². The lowest BCUT2D eigenvalue weighted by Gasteiger charge is -2.04. The second-order valence-electron chi connectivity index (χ2n) is 4.84. The number of benzene rings is 1. The zero-order valence-electron chi connectivity index (χ0n) is 11.9. The Balaban J connectivity index is 2.20. The van der Waals surface area contributed by atoms with Crippen molar-refractivity contribution in [2.24, 2.45) is 0 Å². The summed E-state index contributed by atoms with van der Waals surface area (Å²) in [5.74, 6) is 0. The summed E-state index contributed by atoms with van der Waals surface area (Å²) >= 11 is 0. The summed E-state index contributed by atoms with van der Waals surface area (Å²) < 4.78 is 0. The fourth-order valence-corrected chi connectivity index (χ4v) is 1.81. The first kappa shape index (κ1) is 13.9. The molecule has 0 unspecified atom stereocenters. The Morgan fingerprint density at radius 1 is 1.05 bits per heavy atom. The van der Waals surface area contributed by atoms with Gasteiger partial charge in [0.1, 0.15) is 0 Å². The van der Waals surface area contributed by atoms with Crippen LogP contribution in [-0.4, -0.2) is 10.7 Å². The molecule has 20 heavy (non-hydrogen) atoms. The normalized spacial score (nSPS) is 10.7. The molecule has 0 radical (unpaired) electrons. The molecule has 1 heterocycles. The molecule has 1 aromatic heterocycles. The number of hydrogen-bond acceptors (Lipinski definition) is 2. The van der Waals surface area contributed by atoms with Crippen molar-refractivity contribution in [3.8, 4) is 11.1 Å². The van der Waals surface area contributed by atoms with Crippen LogP contribution in [0.4, 0.5) is 0 Å². The van der Waals surface area contributed by atoms with Crippen LogP contribution in [0, 0.1) is 12.3 Å². The number of allylic oxidation sites excluding steroid dienone is 3. The third-order valence-electron chi connectivity index (χ3n) is 3.01. The molecular formula is C18H18N2. The fraction of sp³-hybridized carbons (Fsp3) is 0.111. The van der Waals surface area contributed by atoms with E-state index in [1.54, 1.807) is 13.0 Å². The van der Waals surface area contributed by atoms with E-state index in [-0.39, 0.29) is 0 Å². The third kappa shape index (κ3) is 3.51. The van der Waals surface area contributed by atoms with Crippen molar-refractivity contribution >= 4 is 11.3 Å². The van der Waals surface area contributed by atoms with Gasteiger partial charge in [-0.05, 0) is 37.1 Å². The Morgan fingerprint density at radius 2 is 1.70 bits per heavy atom. The van der Waals surface area contributed by atoms with Gasteiger partial charge in [0.2, 0.25) is 0 Å². The lowest BCUT2D eigenvalue weighted by atomic mass is 10.0. The van der Waals surface area contributed by atoms with E-state index in [0.29, 0.717) is 5.71 Å². The first-order valence-electron chi connectivity index (χ1n) is 6.52. The van der Waals surface area contributed by atoms with E-state index in [1.807, 2.05) is 24.4 Å². The maximum absolute atomic E-state index is 7.37. The molecule has 1 aromatic carbocycles. The standard InChI is InChI=1S/C18H18N2/c1-13-4-8-16(9-5-13)17-10-11-18(20-12-17)14(2)6-7-15(3)19/h4-12,19H,2H2,1,3H3/b7-6-,19-15?. The highest BCUT2D eigenvalue weighted by Gasteiger charge is 2.00. The average molecular weight is 262 g/mol. The van der Waals surface area contributed by atoms with Crippen LogP contribution in [0.25, 0.3) is 16.7 Å². The molecule has 0 saturated carbocycles. The van der Waals surface area contributed by atoms with Crippen LogP contribution in [0.5, 0.6) is 0 Å². The summed E-state index contributed by atoms with van der Waals surface area (Å²) in [7, 11) is 0. The van der Waals surface area contributed by atoms with E-state index in [9.17, 15) is 0 Å². The number of aryl methyl sites for hydroxylation is 1. The Morgan fingerprint density at radius 3 is 2.25 bits per heavy atom. The van der Waals surface area contributed by atoms with E-state index in [2.05, 4.69) is 42.8 Å². The largest absolute Gasteiger partial charge is 0.306 e. The molecule has 0 aliphatic carbocycles. The van der Waals surface area contributed by atoms with Crippen molar-refractivity contribution in [2.45, 2.75) is 13.8 Å². The van der Waals surface area contributed by atoms with Gasteiger partial charge >= 0.3 is 0 Å². The van der Waals surface area contributed by atoms with Gasteiger partial charge in [0.15, 0.2) is 0 Å². The van der Waals surface area contributed by atoms with Crippen molar-refractivity contribution in [3.63, 3.8) is 0 Å². The zero-order chi connectivity index (χ0) is 14.5. The third-order valence-corrected chi connectivity index (χ3v) is 3.01. The maximum Gasteiger partial charge on any atom is 0.0696 e. The van der Waals surface area contributed by atoms with Gasteiger partial charge in [0, 0.05) is 17.5 Å². The molecular weight excluding hydrogens is 244 g/mol. The minimum atomic E-state index is 0.502. The second-order valence-corrected chi connectivity index (χ2v) is 4.84. The molecule has 0 amide bonds. The zero-order valence-corrected chi connectivity index (χ0v) is 11.9. The number of nitrogens with one attached hydrogen (secondary N) is 1. The van der Waals surface area contributed by atoms with Gasteiger partial charge in [-0.15, -0.1) is 0 Å². The molecule has 0 fully saturated rings. The molecule has 0 bridgehead atoms. The molecule has 2 heteroatoms. The minimum Gasteiger partial charge on any atom is -0.306 e. The van der Waals surface area contributed by atoms with Crippen molar-refractivity contribution in [1.82, 2.24) is 4.98 Å². The molecule has 0 aliphatic heterocycles. The highest BCUT2D eigenvalue weighted by Crippen LogP contribution is 2.20. The van der Waals surface area contributed by atoms with E-state index in [1.165, 1.54) is 5.56 Å². The van der Waals surface area contributed by atoms with Crippen molar-refractivity contribution < 1.29 is 0 Å². The lowest BCUT2D eigenvalue weighted by molar-refractivity contribution is 1.28. The molecule has 0 spiro atoms. The highest BCUT2D eigenvalue weighted by atomic mass is 14.7. The molecule has 1 N–H and O–H groups in total. The smallest absolute Gasteiger partial charge is 0.0696 e. The number of aromatic nitrogens is 1. The highest BCUT2D eigenvalue weighted by molar-refractivity contribution is 5.92. The fourth-order valence-electron chi connectivity index (χ4n) is 1.81. The maximum atomic E-state index is 7.37. The predicted octanol–water partition coefficient (Wildman–Crippen LogP) is 4.67. The van der Waals surface area contributed by atoms with E-state index in [4.69, 9.17) is 5.41 Å². The molecule has 0 atom stereocenters. The molecule has 0 aliphatic rings. The number of nitrogens with zero attached hydrogens (tertiary/aromatic N) is 1. The average Bonchev–Trinajstić information content (AvgIpc) is 2.46. The van der Waals surface area contributed by atoms with Crippen molar-refractivity contribution in [3.05, 3.63) is 72.6 Å². The van der Waals surface area contributed by atoms with Crippen LogP contribution in [0.3, 0.4) is 0 Å². The van der Waals surface area contributed by atoms with Gasteiger partial charge in [-0.3, -0.25) is 4.98 Å². The summed E-state index contributed by atoms with van der Waals surface area (Å²) in [5.41, 5.74) is 5.65. The van der Waals surface area contributed by atoms with E-state index in [0.717, 1.165) is 22.4 Å². The summed E-state index contributed by atoms with van der Waals surface area (Å²) in [6.07, 6.45) is 5.39. The summed E-state index contributed by atoms with van der Waals surface area (Å²) in [6.45, 7) is 7.77. The number of rotatable bonds is 4. The van der Waals surface area contributed by atoms with Gasteiger partial charge in [-0.1, -0.05) is 48.6 Å². The Labute approximate surface area is 120 Å². The van der Waals surface area contributed by atoms with Crippen LogP contribution < -0.4 is 0 Å². The second kappa shape index (κ2) is 6.11. The molecule has 2 nitrogen and oxygen atoms in total. The van der Waals surface area contributed by atoms with E-state index < -0.39 is 0 Å². The first-order chi connectivity index (χ1) is 9.56. The summed E-state index contributed by atoms with van der Waals surface area (Å²) in [4.78, 5) is 4.43. The van der Waals surface area contributed by atoms with Crippen molar-refractivity contribution in [2.75, 3.05) is 0 Å². The van der Waals surface area contributed by atoms with Crippen molar-refractivity contribution in [1.29, 1.82) is 5.41 Å². The topological polar surface area (TPSA) is 36.7 Å². The van der Waals surface area contributed by atoms with Gasteiger partial charge in [-0.2, -0.15) is 0 Å². The van der Waals surface area contributed by atoms with Gasteiger partial charge in [0.05, 0.1) is 5.69 Å². The van der Waals surface area contributed by atoms with Crippen LogP contribution in [-0.2, 0) is 0 Å².